The molecule has 0 spiro atoms. The number of thioether (sulfide) groups is 1. The van der Waals surface area contributed by atoms with Crippen LogP contribution in [-0.2, 0) is 21.7 Å². The van der Waals surface area contributed by atoms with Crippen molar-refractivity contribution in [1.29, 1.82) is 0 Å². The SMILES string of the molecule is CCCCCCC(C)Sc1nc(Oc2cc(C(C)(C)C)c(O)c(C(C)(C)C)c2)nc(Oc2cc(C(C)(C)C)c(O)c(C(C)(C)C)c2)n1. The van der Waals surface area contributed by atoms with Crippen LogP contribution in [0.15, 0.2) is 29.4 Å². The molecule has 2 aromatic carbocycles. The van der Waals surface area contributed by atoms with Gasteiger partial charge in [-0.25, -0.2) is 0 Å². The Hall–Kier alpha value is -3.00. The van der Waals surface area contributed by atoms with Gasteiger partial charge in [0.2, 0.25) is 0 Å². The third kappa shape index (κ3) is 10.5. The van der Waals surface area contributed by atoms with Gasteiger partial charge in [-0.2, -0.15) is 9.97 Å². The van der Waals surface area contributed by atoms with Crippen LogP contribution in [0.5, 0.6) is 35.0 Å². The molecule has 0 saturated heterocycles. The van der Waals surface area contributed by atoms with E-state index in [9.17, 15) is 10.2 Å². The van der Waals surface area contributed by atoms with E-state index in [1.807, 2.05) is 24.3 Å². The van der Waals surface area contributed by atoms with E-state index in [0.29, 0.717) is 16.7 Å². The minimum atomic E-state index is -0.320. The fourth-order valence-electron chi connectivity index (χ4n) is 5.39. The number of rotatable bonds is 11. The third-order valence-electron chi connectivity index (χ3n) is 8.16. The first-order valence-corrected chi connectivity index (χ1v) is 17.9. The number of nitrogens with zero attached hydrogens (tertiary/aromatic N) is 3. The Labute approximate surface area is 288 Å². The maximum atomic E-state index is 11.2. The zero-order chi connectivity index (χ0) is 35.5. The van der Waals surface area contributed by atoms with Crippen molar-refractivity contribution in [3.63, 3.8) is 0 Å². The van der Waals surface area contributed by atoms with Crippen LogP contribution in [0, 0.1) is 0 Å². The van der Waals surface area contributed by atoms with Crippen molar-refractivity contribution in [2.45, 2.75) is 161 Å². The number of unbranched alkanes of at least 4 members (excludes halogenated alkanes) is 3. The second kappa shape index (κ2) is 14.6. The number of benzene rings is 2. The average molecular weight is 666 g/mol. The molecule has 2 N–H and O–H groups in total. The molecule has 47 heavy (non-hydrogen) atoms. The Morgan fingerprint density at radius 1 is 0.596 bits per heavy atom. The van der Waals surface area contributed by atoms with Crippen LogP contribution in [0.25, 0.3) is 0 Å². The topological polar surface area (TPSA) is 97.6 Å². The molecule has 3 aromatic rings. The normalized spacial score (nSPS) is 13.5. The number of aromatic hydroxyl groups is 2. The molecular weight excluding hydrogens is 607 g/mol. The predicted octanol–water partition coefficient (Wildman–Crippen LogP) is 11.5. The first kappa shape index (κ1) is 38.4. The lowest BCUT2D eigenvalue weighted by molar-refractivity contribution is 0.376. The summed E-state index contributed by atoms with van der Waals surface area (Å²) in [5, 5.41) is 23.3. The van der Waals surface area contributed by atoms with E-state index in [-0.39, 0.29) is 50.4 Å². The molecule has 0 aliphatic rings. The van der Waals surface area contributed by atoms with Crippen LogP contribution in [0.4, 0.5) is 0 Å². The number of phenolic OH excluding ortho intramolecular Hbond substituents is 2. The van der Waals surface area contributed by atoms with Crippen LogP contribution in [0.2, 0.25) is 0 Å². The summed E-state index contributed by atoms with van der Waals surface area (Å²) in [5.74, 6) is 1.63. The second-order valence-corrected chi connectivity index (χ2v) is 18.3. The Bertz CT molecular complexity index is 1350. The Morgan fingerprint density at radius 2 is 0.957 bits per heavy atom. The molecule has 0 amide bonds. The molecule has 7 nitrogen and oxygen atoms in total. The van der Waals surface area contributed by atoms with Gasteiger partial charge in [0.15, 0.2) is 5.16 Å². The highest BCUT2D eigenvalue weighted by molar-refractivity contribution is 7.99. The van der Waals surface area contributed by atoms with Crippen molar-refractivity contribution in [3.05, 3.63) is 46.5 Å². The van der Waals surface area contributed by atoms with Gasteiger partial charge in [-0.05, 0) is 52.3 Å². The van der Waals surface area contributed by atoms with Gasteiger partial charge in [0.1, 0.15) is 23.0 Å². The van der Waals surface area contributed by atoms with Gasteiger partial charge in [0.05, 0.1) is 0 Å². The lowest BCUT2D eigenvalue weighted by atomic mass is 9.79. The van der Waals surface area contributed by atoms with Gasteiger partial charge in [-0.15, -0.1) is 4.98 Å². The molecule has 0 radical (unpaired) electrons. The lowest BCUT2D eigenvalue weighted by Crippen LogP contribution is -2.17. The average Bonchev–Trinajstić information content (AvgIpc) is 2.90. The zero-order valence-electron chi connectivity index (χ0n) is 31.4. The molecular formula is C39H59N3O4S. The van der Waals surface area contributed by atoms with E-state index in [0.717, 1.165) is 35.1 Å². The number of ether oxygens (including phenoxy) is 2. The highest BCUT2D eigenvalue weighted by Crippen LogP contribution is 2.44. The van der Waals surface area contributed by atoms with Crippen molar-refractivity contribution < 1.29 is 19.7 Å². The minimum Gasteiger partial charge on any atom is -0.507 e. The zero-order valence-corrected chi connectivity index (χ0v) is 32.2. The highest BCUT2D eigenvalue weighted by Gasteiger charge is 2.29. The van der Waals surface area contributed by atoms with Gasteiger partial charge in [0, 0.05) is 27.5 Å². The van der Waals surface area contributed by atoms with Crippen molar-refractivity contribution in [2.24, 2.45) is 0 Å². The van der Waals surface area contributed by atoms with Gasteiger partial charge < -0.3 is 19.7 Å². The van der Waals surface area contributed by atoms with Crippen molar-refractivity contribution in [1.82, 2.24) is 15.0 Å². The fraction of sp³-hybridized carbons (Fsp3) is 0.615. The van der Waals surface area contributed by atoms with Crippen LogP contribution < -0.4 is 9.47 Å². The van der Waals surface area contributed by atoms with Crippen LogP contribution in [0.1, 0.15) is 151 Å². The summed E-state index contributed by atoms with van der Waals surface area (Å²) in [6, 6.07) is 7.69. The van der Waals surface area contributed by atoms with E-state index >= 15 is 0 Å². The molecule has 260 valence electrons. The molecule has 0 fully saturated rings. The molecule has 1 unspecified atom stereocenters. The first-order chi connectivity index (χ1) is 21.5. The largest absolute Gasteiger partial charge is 0.507 e. The summed E-state index contributed by atoms with van der Waals surface area (Å²) in [5.41, 5.74) is 1.87. The maximum absolute atomic E-state index is 11.2. The summed E-state index contributed by atoms with van der Waals surface area (Å²) >= 11 is 1.58. The highest BCUT2D eigenvalue weighted by atomic mass is 32.2. The molecule has 0 bridgehead atoms. The fourth-order valence-corrected chi connectivity index (χ4v) is 6.30. The summed E-state index contributed by atoms with van der Waals surface area (Å²) in [6.45, 7) is 29.2. The summed E-state index contributed by atoms with van der Waals surface area (Å²) in [4.78, 5) is 14.1. The van der Waals surface area contributed by atoms with Crippen LogP contribution in [0.3, 0.4) is 0 Å². The Morgan fingerprint density at radius 3 is 1.28 bits per heavy atom. The Balaban J connectivity index is 2.13. The molecule has 3 rings (SSSR count). The predicted molar refractivity (Wildman–Crippen MR) is 195 cm³/mol. The van der Waals surface area contributed by atoms with E-state index in [2.05, 4.69) is 102 Å². The Kier molecular flexibility index (Phi) is 12.0. The smallest absolute Gasteiger partial charge is 0.329 e. The van der Waals surface area contributed by atoms with E-state index in [1.165, 1.54) is 19.3 Å². The molecule has 0 saturated carbocycles. The standard InChI is InChI=1S/C39H59N3O4S/c1-15-16-17-18-19-24(2)47-35-41-33(45-25-20-27(36(3,4)5)31(43)28(21-25)37(6,7)8)40-34(42-35)46-26-22-29(38(9,10)11)32(44)30(23-26)39(12,13)14/h20-24,43-44H,15-19H2,1-14H3. The van der Waals surface area contributed by atoms with Crippen molar-refractivity contribution in [2.75, 3.05) is 0 Å². The quantitative estimate of drug-likeness (QED) is 0.154. The van der Waals surface area contributed by atoms with Gasteiger partial charge in [-0.3, -0.25) is 0 Å². The van der Waals surface area contributed by atoms with E-state index in [4.69, 9.17) is 19.4 Å². The number of phenols is 2. The van der Waals surface area contributed by atoms with Gasteiger partial charge in [0.25, 0.3) is 0 Å². The van der Waals surface area contributed by atoms with E-state index in [1.54, 1.807) is 11.8 Å². The molecule has 1 atom stereocenters. The molecule has 0 aliphatic carbocycles. The second-order valence-electron chi connectivity index (χ2n) is 16.9. The number of hydrogen-bond acceptors (Lipinski definition) is 8. The molecule has 1 aromatic heterocycles. The van der Waals surface area contributed by atoms with Gasteiger partial charge in [-0.1, -0.05) is 134 Å². The van der Waals surface area contributed by atoms with Crippen LogP contribution >= 0.6 is 11.8 Å². The van der Waals surface area contributed by atoms with Gasteiger partial charge >= 0.3 is 12.0 Å². The monoisotopic (exact) mass is 665 g/mol. The minimum absolute atomic E-state index is 0.118. The summed E-state index contributed by atoms with van der Waals surface area (Å²) < 4.78 is 12.8. The third-order valence-corrected chi connectivity index (χ3v) is 9.19. The molecule has 0 aliphatic heterocycles. The summed E-state index contributed by atoms with van der Waals surface area (Å²) in [7, 11) is 0. The number of aromatic nitrogens is 3. The van der Waals surface area contributed by atoms with E-state index < -0.39 is 0 Å². The number of hydrogen-bond donors (Lipinski definition) is 2. The maximum Gasteiger partial charge on any atom is 0.329 e. The lowest BCUT2D eigenvalue weighted by Gasteiger charge is -2.28. The summed E-state index contributed by atoms with van der Waals surface area (Å²) in [6.07, 6.45) is 5.84. The van der Waals surface area contributed by atoms with Crippen molar-refractivity contribution >= 4 is 11.8 Å². The molecule has 1 heterocycles. The first-order valence-electron chi connectivity index (χ1n) is 17.0. The van der Waals surface area contributed by atoms with Crippen molar-refractivity contribution in [3.8, 4) is 35.0 Å². The van der Waals surface area contributed by atoms with Crippen LogP contribution in [-0.4, -0.2) is 30.4 Å². The molecule has 8 heteroatoms.